The Morgan fingerprint density at radius 2 is 1.65 bits per heavy atom. The van der Waals surface area contributed by atoms with Crippen LogP contribution in [-0.2, 0) is 12.3 Å². The third-order valence-electron chi connectivity index (χ3n) is 5.05. The maximum absolute atomic E-state index is 12.5. The van der Waals surface area contributed by atoms with Gasteiger partial charge in [0.25, 0.3) is 0 Å². The Morgan fingerprint density at radius 1 is 0.971 bits per heavy atom. The van der Waals surface area contributed by atoms with Gasteiger partial charge in [-0.25, -0.2) is 4.79 Å². The van der Waals surface area contributed by atoms with Crippen molar-refractivity contribution < 1.29 is 4.79 Å². The standard InChI is InChI=1S/C25H23Cl2N5OS/c1-17(29-24(33)28-15-18-8-4-2-5-9-18)23-30-31-25(34-16-19-10-6-3-7-11-19)32(23)22-13-12-20(26)14-21(22)27/h2-14,17H,15-16H2,1H3,(H2,28,29,33). The van der Waals surface area contributed by atoms with Crippen molar-refractivity contribution in [1.29, 1.82) is 0 Å². The van der Waals surface area contributed by atoms with E-state index in [1.54, 1.807) is 23.9 Å². The lowest BCUT2D eigenvalue weighted by atomic mass is 10.2. The number of urea groups is 1. The van der Waals surface area contributed by atoms with Gasteiger partial charge in [-0.3, -0.25) is 4.57 Å². The molecule has 1 unspecified atom stereocenters. The molecule has 0 bridgehead atoms. The normalized spacial score (nSPS) is 11.7. The van der Waals surface area contributed by atoms with Crippen molar-refractivity contribution in [2.45, 2.75) is 30.4 Å². The number of nitrogens with zero attached hydrogens (tertiary/aromatic N) is 3. The Kier molecular flexibility index (Phi) is 8.11. The SMILES string of the molecule is CC(NC(=O)NCc1ccccc1)c1nnc(SCc2ccccc2)n1-c1ccc(Cl)cc1Cl. The molecule has 0 saturated carbocycles. The number of rotatable bonds is 8. The first-order valence-electron chi connectivity index (χ1n) is 10.7. The molecule has 0 radical (unpaired) electrons. The second-order valence-corrected chi connectivity index (χ2v) is 9.37. The first-order chi connectivity index (χ1) is 16.5. The van der Waals surface area contributed by atoms with Gasteiger partial charge in [0.15, 0.2) is 11.0 Å². The third-order valence-corrected chi connectivity index (χ3v) is 6.59. The fourth-order valence-electron chi connectivity index (χ4n) is 3.36. The minimum Gasteiger partial charge on any atom is -0.334 e. The van der Waals surface area contributed by atoms with Gasteiger partial charge in [-0.05, 0) is 36.2 Å². The van der Waals surface area contributed by atoms with Crippen molar-refractivity contribution in [3.63, 3.8) is 0 Å². The first-order valence-corrected chi connectivity index (χ1v) is 12.4. The highest BCUT2D eigenvalue weighted by Crippen LogP contribution is 2.32. The van der Waals surface area contributed by atoms with Gasteiger partial charge in [0.05, 0.1) is 16.8 Å². The number of thioether (sulfide) groups is 1. The number of amides is 2. The molecule has 1 heterocycles. The number of halogens is 2. The van der Waals surface area contributed by atoms with Crippen molar-refractivity contribution >= 4 is 41.0 Å². The van der Waals surface area contributed by atoms with Crippen LogP contribution in [0.1, 0.15) is 29.9 Å². The number of aromatic nitrogens is 3. The number of carbonyl (C=O) groups excluding carboxylic acids is 1. The average Bonchev–Trinajstić information content (AvgIpc) is 3.26. The summed E-state index contributed by atoms with van der Waals surface area (Å²) in [5, 5.41) is 16.3. The van der Waals surface area contributed by atoms with E-state index in [9.17, 15) is 4.79 Å². The molecule has 0 aliphatic carbocycles. The molecule has 2 amide bonds. The lowest BCUT2D eigenvalue weighted by molar-refractivity contribution is 0.237. The van der Waals surface area contributed by atoms with E-state index in [4.69, 9.17) is 23.2 Å². The highest BCUT2D eigenvalue weighted by Gasteiger charge is 2.22. The van der Waals surface area contributed by atoms with E-state index in [1.807, 2.05) is 66.1 Å². The van der Waals surface area contributed by atoms with Gasteiger partial charge in [-0.2, -0.15) is 0 Å². The molecular formula is C25H23Cl2N5OS. The Morgan fingerprint density at radius 3 is 2.32 bits per heavy atom. The molecule has 0 aliphatic heterocycles. The Labute approximate surface area is 212 Å². The molecule has 0 fully saturated rings. The molecule has 6 nitrogen and oxygen atoms in total. The molecule has 9 heteroatoms. The molecule has 1 atom stereocenters. The van der Waals surface area contributed by atoms with Crippen molar-refractivity contribution in [3.05, 3.63) is 106 Å². The Hall–Kier alpha value is -3.00. The van der Waals surface area contributed by atoms with Crippen LogP contribution < -0.4 is 10.6 Å². The van der Waals surface area contributed by atoms with Gasteiger partial charge in [-0.1, -0.05) is 95.6 Å². The highest BCUT2D eigenvalue weighted by atomic mass is 35.5. The van der Waals surface area contributed by atoms with E-state index >= 15 is 0 Å². The van der Waals surface area contributed by atoms with Crippen LogP contribution in [0.2, 0.25) is 10.0 Å². The van der Waals surface area contributed by atoms with Crippen LogP contribution in [0, 0.1) is 0 Å². The fourth-order valence-corrected chi connectivity index (χ4v) is 4.76. The Balaban J connectivity index is 1.55. The molecule has 3 aromatic carbocycles. The van der Waals surface area contributed by atoms with Crippen LogP contribution in [0.3, 0.4) is 0 Å². The minimum absolute atomic E-state index is 0.299. The van der Waals surface area contributed by atoms with E-state index in [-0.39, 0.29) is 6.03 Å². The predicted molar refractivity (Wildman–Crippen MR) is 138 cm³/mol. The topological polar surface area (TPSA) is 71.8 Å². The molecule has 0 saturated heterocycles. The smallest absolute Gasteiger partial charge is 0.315 e. The third kappa shape index (κ3) is 6.11. The zero-order valence-corrected chi connectivity index (χ0v) is 20.7. The van der Waals surface area contributed by atoms with Crippen LogP contribution in [0.15, 0.2) is 84.0 Å². The van der Waals surface area contributed by atoms with Gasteiger partial charge in [0.1, 0.15) is 0 Å². The lowest BCUT2D eigenvalue weighted by Crippen LogP contribution is -2.37. The molecule has 1 aromatic heterocycles. The number of carbonyl (C=O) groups is 1. The van der Waals surface area contributed by atoms with Gasteiger partial charge in [0.2, 0.25) is 0 Å². The summed E-state index contributed by atoms with van der Waals surface area (Å²) in [6.07, 6.45) is 0. The summed E-state index contributed by atoms with van der Waals surface area (Å²) in [6, 6.07) is 24.4. The lowest BCUT2D eigenvalue weighted by Gasteiger charge is -2.17. The van der Waals surface area contributed by atoms with Gasteiger partial charge >= 0.3 is 6.03 Å². The first kappa shape index (κ1) is 24.1. The summed E-state index contributed by atoms with van der Waals surface area (Å²) < 4.78 is 1.87. The molecule has 2 N–H and O–H groups in total. The Bertz CT molecular complexity index is 1250. The van der Waals surface area contributed by atoms with Gasteiger partial charge < -0.3 is 10.6 Å². The van der Waals surface area contributed by atoms with Crippen LogP contribution in [0.4, 0.5) is 4.79 Å². The quantitative estimate of drug-likeness (QED) is 0.267. The largest absolute Gasteiger partial charge is 0.334 e. The molecule has 174 valence electrons. The summed E-state index contributed by atoms with van der Waals surface area (Å²) in [5.41, 5.74) is 2.87. The van der Waals surface area contributed by atoms with E-state index in [2.05, 4.69) is 33.0 Å². The molecule has 4 aromatic rings. The number of nitrogens with one attached hydrogen (secondary N) is 2. The summed E-state index contributed by atoms with van der Waals surface area (Å²) in [6.45, 7) is 2.28. The minimum atomic E-state index is -0.430. The average molecular weight is 512 g/mol. The van der Waals surface area contributed by atoms with E-state index in [0.717, 1.165) is 11.1 Å². The maximum Gasteiger partial charge on any atom is 0.315 e. The van der Waals surface area contributed by atoms with E-state index in [1.165, 1.54) is 0 Å². The van der Waals surface area contributed by atoms with Crippen LogP contribution in [0.25, 0.3) is 5.69 Å². The maximum atomic E-state index is 12.5. The highest BCUT2D eigenvalue weighted by molar-refractivity contribution is 7.98. The van der Waals surface area contributed by atoms with Crippen molar-refractivity contribution in [2.24, 2.45) is 0 Å². The molecule has 34 heavy (non-hydrogen) atoms. The number of hydrogen-bond donors (Lipinski definition) is 2. The van der Waals surface area contributed by atoms with Crippen LogP contribution in [-0.4, -0.2) is 20.8 Å². The van der Waals surface area contributed by atoms with E-state index in [0.29, 0.717) is 39.0 Å². The zero-order chi connectivity index (χ0) is 23.9. The molecule has 4 rings (SSSR count). The molecule has 0 aliphatic rings. The fraction of sp³-hybridized carbons (Fsp3) is 0.160. The van der Waals surface area contributed by atoms with Gasteiger partial charge in [-0.15, -0.1) is 10.2 Å². The van der Waals surface area contributed by atoms with Crippen LogP contribution in [0.5, 0.6) is 0 Å². The van der Waals surface area contributed by atoms with E-state index < -0.39 is 6.04 Å². The molecular weight excluding hydrogens is 489 g/mol. The summed E-state index contributed by atoms with van der Waals surface area (Å²) in [5.74, 6) is 1.28. The van der Waals surface area contributed by atoms with Crippen molar-refractivity contribution in [1.82, 2.24) is 25.4 Å². The second-order valence-electron chi connectivity index (χ2n) is 7.58. The van der Waals surface area contributed by atoms with Crippen molar-refractivity contribution in [3.8, 4) is 5.69 Å². The summed E-state index contributed by atoms with van der Waals surface area (Å²) in [7, 11) is 0. The second kappa shape index (κ2) is 11.4. The summed E-state index contributed by atoms with van der Waals surface area (Å²) in [4.78, 5) is 12.5. The van der Waals surface area contributed by atoms with Crippen LogP contribution >= 0.6 is 35.0 Å². The van der Waals surface area contributed by atoms with Crippen molar-refractivity contribution in [2.75, 3.05) is 0 Å². The number of hydrogen-bond acceptors (Lipinski definition) is 4. The molecule has 0 spiro atoms. The number of benzene rings is 3. The predicted octanol–water partition coefficient (Wildman–Crippen LogP) is 6.43. The zero-order valence-electron chi connectivity index (χ0n) is 18.4. The van der Waals surface area contributed by atoms with Gasteiger partial charge in [0, 0.05) is 17.3 Å². The summed E-state index contributed by atoms with van der Waals surface area (Å²) >= 11 is 14.2. The monoisotopic (exact) mass is 511 g/mol.